The Morgan fingerprint density at radius 3 is 2.23 bits per heavy atom. The van der Waals surface area contributed by atoms with Crippen LogP contribution in [-0.2, 0) is 14.8 Å². The van der Waals surface area contributed by atoms with Crippen molar-refractivity contribution >= 4 is 27.5 Å². The predicted molar refractivity (Wildman–Crippen MR) is 114 cm³/mol. The topological polar surface area (TPSA) is 122 Å². The molecule has 0 unspecified atom stereocenters. The number of nitrogens with zero attached hydrogens (tertiary/aromatic N) is 1. The summed E-state index contributed by atoms with van der Waals surface area (Å²) in [6.07, 6.45) is 1.83. The normalized spacial score (nSPS) is 15.4. The number of likely N-dealkylation sites (tertiary alicyclic amines) is 1. The molecule has 166 valence electrons. The van der Waals surface area contributed by atoms with E-state index in [2.05, 4.69) is 15.5 Å². The molecule has 4 N–H and O–H groups in total. The van der Waals surface area contributed by atoms with Gasteiger partial charge in [0.15, 0.2) is 0 Å². The highest BCUT2D eigenvalue weighted by molar-refractivity contribution is 7.89. The molecule has 8 nitrogen and oxygen atoms in total. The molecule has 0 aromatic heterocycles. The van der Waals surface area contributed by atoms with Gasteiger partial charge in [-0.05, 0) is 61.4 Å². The predicted octanol–water partition coefficient (Wildman–Crippen LogP) is 1.70. The molecule has 1 aliphatic heterocycles. The summed E-state index contributed by atoms with van der Waals surface area (Å²) in [6, 6.07) is 11.2. The molecule has 10 heteroatoms. The van der Waals surface area contributed by atoms with Crippen molar-refractivity contribution in [2.45, 2.75) is 30.2 Å². The first-order valence-electron chi connectivity index (χ1n) is 9.92. The quantitative estimate of drug-likeness (QED) is 0.595. The number of sulfonamides is 1. The van der Waals surface area contributed by atoms with E-state index in [9.17, 15) is 22.4 Å². The van der Waals surface area contributed by atoms with Crippen LogP contribution < -0.4 is 15.8 Å². The Morgan fingerprint density at radius 2 is 1.65 bits per heavy atom. The van der Waals surface area contributed by atoms with Crippen LogP contribution in [0.1, 0.15) is 29.6 Å². The minimum absolute atomic E-state index is 0.0140. The number of amides is 2. The first-order valence-corrected chi connectivity index (χ1v) is 11.5. The Kier molecular flexibility index (Phi) is 7.37. The van der Waals surface area contributed by atoms with Crippen LogP contribution in [0.3, 0.4) is 0 Å². The summed E-state index contributed by atoms with van der Waals surface area (Å²) in [6.45, 7) is 2.09. The van der Waals surface area contributed by atoms with Gasteiger partial charge in [0.25, 0.3) is 5.91 Å². The Hall–Kier alpha value is -2.82. The minimum Gasteiger partial charge on any atom is -0.349 e. The summed E-state index contributed by atoms with van der Waals surface area (Å²) >= 11 is 0. The number of anilines is 1. The van der Waals surface area contributed by atoms with E-state index in [0.717, 1.165) is 25.9 Å². The second kappa shape index (κ2) is 9.99. The van der Waals surface area contributed by atoms with E-state index in [4.69, 9.17) is 5.14 Å². The Bertz CT molecular complexity index is 1020. The summed E-state index contributed by atoms with van der Waals surface area (Å²) in [5.41, 5.74) is 0.928. The molecule has 0 saturated carbocycles. The molecular formula is C21H25FN4O4S. The van der Waals surface area contributed by atoms with E-state index in [1.807, 2.05) is 0 Å². The van der Waals surface area contributed by atoms with Crippen molar-refractivity contribution in [3.05, 3.63) is 59.9 Å². The molecule has 2 aromatic rings. The van der Waals surface area contributed by atoms with E-state index >= 15 is 0 Å². The van der Waals surface area contributed by atoms with Crippen molar-refractivity contribution in [3.63, 3.8) is 0 Å². The lowest BCUT2D eigenvalue weighted by Gasteiger charge is -2.32. The van der Waals surface area contributed by atoms with Crippen molar-refractivity contribution < 1.29 is 22.4 Å². The molecule has 3 rings (SSSR count). The highest BCUT2D eigenvalue weighted by Crippen LogP contribution is 2.14. The first-order chi connectivity index (χ1) is 14.7. The molecule has 0 spiro atoms. The van der Waals surface area contributed by atoms with E-state index in [-0.39, 0.29) is 28.6 Å². The van der Waals surface area contributed by atoms with Crippen molar-refractivity contribution in [1.82, 2.24) is 10.2 Å². The van der Waals surface area contributed by atoms with Crippen LogP contribution in [0.15, 0.2) is 53.4 Å². The van der Waals surface area contributed by atoms with E-state index in [1.165, 1.54) is 48.5 Å². The molecule has 1 aliphatic rings. The number of benzene rings is 2. The lowest BCUT2D eigenvalue weighted by Crippen LogP contribution is -2.45. The Balaban J connectivity index is 1.38. The highest BCUT2D eigenvalue weighted by atomic mass is 32.2. The SMILES string of the molecule is NS(=O)(=O)c1ccc(NC(=O)CCN2CCC(NC(=O)c3ccc(F)cc3)CC2)cc1. The molecule has 1 saturated heterocycles. The third-order valence-corrected chi connectivity index (χ3v) is 6.08. The van der Waals surface area contributed by atoms with Gasteiger partial charge in [0.2, 0.25) is 15.9 Å². The van der Waals surface area contributed by atoms with Gasteiger partial charge >= 0.3 is 0 Å². The lowest BCUT2D eigenvalue weighted by molar-refractivity contribution is -0.116. The molecule has 2 amide bonds. The fraction of sp³-hybridized carbons (Fsp3) is 0.333. The molecule has 0 atom stereocenters. The highest BCUT2D eigenvalue weighted by Gasteiger charge is 2.21. The number of hydrogen-bond acceptors (Lipinski definition) is 5. The van der Waals surface area contributed by atoms with Crippen molar-refractivity contribution in [3.8, 4) is 0 Å². The molecule has 1 fully saturated rings. The van der Waals surface area contributed by atoms with Gasteiger partial charge in [-0.25, -0.2) is 17.9 Å². The van der Waals surface area contributed by atoms with Gasteiger partial charge in [-0.1, -0.05) is 0 Å². The van der Waals surface area contributed by atoms with Crippen LogP contribution in [0.2, 0.25) is 0 Å². The molecule has 2 aromatic carbocycles. The zero-order chi connectivity index (χ0) is 22.4. The van der Waals surface area contributed by atoms with Crippen molar-refractivity contribution in [2.75, 3.05) is 25.0 Å². The van der Waals surface area contributed by atoms with Gasteiger partial charge in [0, 0.05) is 43.3 Å². The maximum absolute atomic E-state index is 13.0. The van der Waals surface area contributed by atoms with Crippen LogP contribution in [0.4, 0.5) is 10.1 Å². The van der Waals surface area contributed by atoms with Gasteiger partial charge in [0.05, 0.1) is 4.90 Å². The number of piperidine rings is 1. The summed E-state index contributed by atoms with van der Waals surface area (Å²) < 4.78 is 35.5. The van der Waals surface area contributed by atoms with E-state index in [0.29, 0.717) is 24.2 Å². The molecular weight excluding hydrogens is 423 g/mol. The number of rotatable bonds is 7. The second-order valence-electron chi connectivity index (χ2n) is 7.46. The summed E-state index contributed by atoms with van der Waals surface area (Å²) in [5.74, 6) is -0.768. The van der Waals surface area contributed by atoms with Gasteiger partial charge in [-0.15, -0.1) is 0 Å². The number of nitrogens with one attached hydrogen (secondary N) is 2. The zero-order valence-electron chi connectivity index (χ0n) is 16.9. The van der Waals surface area contributed by atoms with Crippen LogP contribution in [0, 0.1) is 5.82 Å². The number of halogens is 1. The fourth-order valence-corrected chi connectivity index (χ4v) is 3.90. The van der Waals surface area contributed by atoms with Gasteiger partial charge in [-0.2, -0.15) is 0 Å². The zero-order valence-corrected chi connectivity index (χ0v) is 17.7. The standard InChI is InChI=1S/C21H25FN4O4S/c22-16-3-1-15(2-4-16)21(28)25-18-9-12-26(13-10-18)14-11-20(27)24-17-5-7-19(8-6-17)31(23,29)30/h1-8,18H,9-14H2,(H,24,27)(H,25,28)(H2,23,29,30). The minimum atomic E-state index is -3.76. The first kappa shape index (κ1) is 22.9. The summed E-state index contributed by atoms with van der Waals surface area (Å²) in [5, 5.41) is 10.8. The number of carbonyl (C=O) groups excluding carboxylic acids is 2. The monoisotopic (exact) mass is 448 g/mol. The van der Waals surface area contributed by atoms with Gasteiger partial charge in [0.1, 0.15) is 5.82 Å². The Labute approximate surface area is 180 Å². The lowest BCUT2D eigenvalue weighted by atomic mass is 10.0. The third-order valence-electron chi connectivity index (χ3n) is 5.15. The van der Waals surface area contributed by atoms with E-state index < -0.39 is 10.0 Å². The smallest absolute Gasteiger partial charge is 0.251 e. The molecule has 0 radical (unpaired) electrons. The second-order valence-corrected chi connectivity index (χ2v) is 9.03. The van der Waals surface area contributed by atoms with Gasteiger partial charge in [-0.3, -0.25) is 9.59 Å². The van der Waals surface area contributed by atoms with E-state index in [1.54, 1.807) is 0 Å². The van der Waals surface area contributed by atoms with Crippen molar-refractivity contribution in [2.24, 2.45) is 5.14 Å². The largest absolute Gasteiger partial charge is 0.349 e. The van der Waals surface area contributed by atoms with Crippen LogP contribution >= 0.6 is 0 Å². The van der Waals surface area contributed by atoms with Crippen LogP contribution in [0.5, 0.6) is 0 Å². The van der Waals surface area contributed by atoms with Crippen molar-refractivity contribution in [1.29, 1.82) is 0 Å². The summed E-state index contributed by atoms with van der Waals surface area (Å²) in [7, 11) is -3.76. The average Bonchev–Trinajstić information content (AvgIpc) is 2.73. The maximum atomic E-state index is 13.0. The van der Waals surface area contributed by atoms with Crippen LogP contribution in [0.25, 0.3) is 0 Å². The number of hydrogen-bond donors (Lipinski definition) is 3. The van der Waals surface area contributed by atoms with Crippen LogP contribution in [-0.4, -0.2) is 50.8 Å². The van der Waals surface area contributed by atoms with Gasteiger partial charge < -0.3 is 15.5 Å². The fourth-order valence-electron chi connectivity index (χ4n) is 3.38. The molecule has 0 aliphatic carbocycles. The molecule has 31 heavy (non-hydrogen) atoms. The summed E-state index contributed by atoms with van der Waals surface area (Å²) in [4.78, 5) is 26.5. The maximum Gasteiger partial charge on any atom is 0.251 e. The average molecular weight is 449 g/mol. The third kappa shape index (κ3) is 6.84. The molecule has 1 heterocycles. The molecule has 0 bridgehead atoms. The number of carbonyl (C=O) groups is 2. The number of nitrogens with two attached hydrogens (primary N) is 1. The number of primary sulfonamides is 1. The Morgan fingerprint density at radius 1 is 1.03 bits per heavy atom.